The fraction of sp³-hybridized carbons (Fsp3) is 0.304. The summed E-state index contributed by atoms with van der Waals surface area (Å²) in [5, 5.41) is 0. The summed E-state index contributed by atoms with van der Waals surface area (Å²) in [5.74, 6) is -1.65. The predicted molar refractivity (Wildman–Crippen MR) is 122 cm³/mol. The Hall–Kier alpha value is -2.78. The lowest BCUT2D eigenvalue weighted by molar-refractivity contribution is 0.101. The van der Waals surface area contributed by atoms with Crippen molar-refractivity contribution < 1.29 is 26.4 Å². The zero-order valence-electron chi connectivity index (χ0n) is 18.6. The van der Waals surface area contributed by atoms with E-state index >= 15 is 0 Å². The number of fused-ring (bicyclic) bond motifs is 1. The van der Waals surface area contributed by atoms with Gasteiger partial charge in [0.15, 0.2) is 25.5 Å². The molecule has 3 aromatic rings. The highest BCUT2D eigenvalue weighted by molar-refractivity contribution is 7.94. The van der Waals surface area contributed by atoms with Crippen molar-refractivity contribution in [1.82, 2.24) is 4.40 Å². The Bertz CT molecular complexity index is 1480. The first-order chi connectivity index (χ1) is 14.9. The maximum absolute atomic E-state index is 13.7. The van der Waals surface area contributed by atoms with Gasteiger partial charge in [0.1, 0.15) is 15.5 Å². The minimum Gasteiger partial charge on any atom is -0.310 e. The molecule has 0 bridgehead atoms. The lowest BCUT2D eigenvalue weighted by Crippen LogP contribution is -2.16. The Kier molecular flexibility index (Phi) is 6.19. The number of aryl methyl sites for hydroxylation is 2. The fourth-order valence-electron chi connectivity index (χ4n) is 3.70. The molecule has 0 fully saturated rings. The minimum absolute atomic E-state index is 0.0528. The van der Waals surface area contributed by atoms with Gasteiger partial charge < -0.3 is 4.40 Å². The molecule has 32 heavy (non-hydrogen) atoms. The van der Waals surface area contributed by atoms with Gasteiger partial charge in [0.25, 0.3) is 0 Å². The molecule has 0 aliphatic carbocycles. The summed E-state index contributed by atoms with van der Waals surface area (Å²) in [6.07, 6.45) is 1.33. The quantitative estimate of drug-likeness (QED) is 0.484. The molecule has 0 unspecified atom stereocenters. The fourth-order valence-corrected chi connectivity index (χ4v) is 6.77. The predicted octanol–water partition coefficient (Wildman–Crippen LogP) is 3.58. The third-order valence-corrected chi connectivity index (χ3v) is 9.18. The number of benzene rings is 1. The molecule has 0 saturated carbocycles. The molecule has 0 radical (unpaired) electrons. The molecule has 7 nitrogen and oxygen atoms in total. The van der Waals surface area contributed by atoms with E-state index in [-0.39, 0.29) is 39.6 Å². The van der Waals surface area contributed by atoms with Crippen LogP contribution in [0.2, 0.25) is 0 Å². The van der Waals surface area contributed by atoms with Gasteiger partial charge in [0.2, 0.25) is 5.78 Å². The van der Waals surface area contributed by atoms with E-state index in [1.165, 1.54) is 43.5 Å². The lowest BCUT2D eigenvalue weighted by atomic mass is 10.0. The van der Waals surface area contributed by atoms with Gasteiger partial charge in [-0.25, -0.2) is 16.8 Å². The van der Waals surface area contributed by atoms with Gasteiger partial charge in [-0.1, -0.05) is 37.6 Å². The summed E-state index contributed by atoms with van der Waals surface area (Å²) in [6.45, 7) is 7.74. The number of hydrogen-bond donors (Lipinski definition) is 0. The van der Waals surface area contributed by atoms with Crippen molar-refractivity contribution in [2.75, 3.05) is 11.5 Å². The van der Waals surface area contributed by atoms with Crippen LogP contribution in [0.4, 0.5) is 0 Å². The summed E-state index contributed by atoms with van der Waals surface area (Å²) in [5.41, 5.74) is 1.82. The molecular weight excluding hydrogens is 450 g/mol. The van der Waals surface area contributed by atoms with Crippen molar-refractivity contribution in [3.63, 3.8) is 0 Å². The average Bonchev–Trinajstić information content (AvgIpc) is 3.09. The molecule has 0 spiro atoms. The van der Waals surface area contributed by atoms with Gasteiger partial charge in [0, 0.05) is 17.3 Å². The van der Waals surface area contributed by atoms with E-state index in [1.807, 2.05) is 6.92 Å². The zero-order valence-corrected chi connectivity index (χ0v) is 20.2. The van der Waals surface area contributed by atoms with Crippen molar-refractivity contribution in [2.45, 2.75) is 44.4 Å². The first-order valence-corrected chi connectivity index (χ1v) is 13.4. The van der Waals surface area contributed by atoms with Crippen LogP contribution in [0.5, 0.6) is 0 Å². The van der Waals surface area contributed by atoms with Crippen LogP contribution in [0.1, 0.15) is 58.3 Å². The van der Waals surface area contributed by atoms with Crippen LogP contribution in [-0.4, -0.2) is 44.3 Å². The smallest absolute Gasteiger partial charge is 0.211 e. The largest absolute Gasteiger partial charge is 0.310 e. The van der Waals surface area contributed by atoms with Gasteiger partial charge in [-0.2, -0.15) is 0 Å². The highest BCUT2D eigenvalue weighted by Gasteiger charge is 2.37. The first-order valence-electron chi connectivity index (χ1n) is 10.1. The van der Waals surface area contributed by atoms with Crippen LogP contribution in [-0.2, 0) is 19.7 Å². The molecule has 0 aliphatic rings. The second-order valence-electron chi connectivity index (χ2n) is 7.69. The molecule has 170 valence electrons. The molecule has 2 aromatic heterocycles. The molecule has 0 saturated heterocycles. The van der Waals surface area contributed by atoms with Crippen molar-refractivity contribution >= 4 is 36.8 Å². The maximum atomic E-state index is 13.7. The molecule has 0 aliphatic heterocycles. The lowest BCUT2D eigenvalue weighted by Gasteiger charge is -2.10. The maximum Gasteiger partial charge on any atom is 0.211 e. The van der Waals surface area contributed by atoms with Crippen LogP contribution >= 0.6 is 0 Å². The number of carbonyl (C=O) groups is 2. The van der Waals surface area contributed by atoms with E-state index in [4.69, 9.17) is 0 Å². The minimum atomic E-state index is -4.13. The standard InChI is InChI=1S/C23H25NO6S2/c1-6-31(27,28)22-19-11-9-17(16(5)25)13-24(19)20(23(22)32(29,30)7-2)21(26)18-10-8-14(3)12-15(18)4/h8-13H,6-7H2,1-5H3. The van der Waals surface area contributed by atoms with E-state index in [9.17, 15) is 26.4 Å². The number of Topliss-reactive ketones (excluding diaryl/α,β-unsaturated/α-hetero) is 1. The van der Waals surface area contributed by atoms with Gasteiger partial charge in [-0.05, 0) is 38.5 Å². The molecule has 0 N–H and O–H groups in total. The normalized spacial score (nSPS) is 12.3. The van der Waals surface area contributed by atoms with Crippen molar-refractivity contribution in [3.8, 4) is 0 Å². The van der Waals surface area contributed by atoms with Gasteiger partial charge in [-0.3, -0.25) is 9.59 Å². The second kappa shape index (κ2) is 8.29. The molecule has 1 aromatic carbocycles. The summed E-state index contributed by atoms with van der Waals surface area (Å²) in [6, 6.07) is 7.93. The van der Waals surface area contributed by atoms with Crippen molar-refractivity contribution in [1.29, 1.82) is 0 Å². The highest BCUT2D eigenvalue weighted by Crippen LogP contribution is 2.35. The Morgan fingerprint density at radius 3 is 2.00 bits per heavy atom. The Labute approximate surface area is 187 Å². The van der Waals surface area contributed by atoms with Crippen LogP contribution in [0, 0.1) is 13.8 Å². The van der Waals surface area contributed by atoms with Crippen molar-refractivity contribution in [2.24, 2.45) is 0 Å². The number of ketones is 2. The summed E-state index contributed by atoms with van der Waals surface area (Å²) in [4.78, 5) is 24.8. The van der Waals surface area contributed by atoms with Crippen LogP contribution in [0.15, 0.2) is 46.3 Å². The molecule has 9 heteroatoms. The summed E-state index contributed by atoms with van der Waals surface area (Å²) in [7, 11) is -8.16. The van der Waals surface area contributed by atoms with Gasteiger partial charge in [0.05, 0.1) is 17.0 Å². The van der Waals surface area contributed by atoms with E-state index in [2.05, 4.69) is 0 Å². The van der Waals surface area contributed by atoms with Crippen LogP contribution in [0.3, 0.4) is 0 Å². The number of hydrogen-bond acceptors (Lipinski definition) is 6. The summed E-state index contributed by atoms with van der Waals surface area (Å²) < 4.78 is 53.7. The number of aromatic nitrogens is 1. The number of rotatable bonds is 7. The van der Waals surface area contributed by atoms with Crippen molar-refractivity contribution in [3.05, 3.63) is 64.5 Å². The number of sulfone groups is 2. The Morgan fingerprint density at radius 1 is 0.875 bits per heavy atom. The third-order valence-electron chi connectivity index (χ3n) is 5.47. The molecule has 0 atom stereocenters. The van der Waals surface area contributed by atoms with Gasteiger partial charge >= 0.3 is 0 Å². The molecular formula is C23H25NO6S2. The second-order valence-corrected chi connectivity index (χ2v) is 12.1. The molecule has 3 rings (SSSR count). The topological polar surface area (TPSA) is 107 Å². The van der Waals surface area contributed by atoms with Crippen LogP contribution in [0.25, 0.3) is 5.52 Å². The zero-order chi connectivity index (χ0) is 24.0. The van der Waals surface area contributed by atoms with E-state index < -0.39 is 35.2 Å². The Morgan fingerprint density at radius 2 is 1.47 bits per heavy atom. The number of pyridine rings is 1. The number of nitrogens with zero attached hydrogens (tertiary/aromatic N) is 1. The Balaban J connectivity index is 2.60. The molecule has 2 heterocycles. The van der Waals surface area contributed by atoms with Crippen LogP contribution < -0.4 is 0 Å². The monoisotopic (exact) mass is 475 g/mol. The first kappa shape index (κ1) is 23.9. The van der Waals surface area contributed by atoms with E-state index in [0.717, 1.165) is 5.56 Å². The molecule has 0 amide bonds. The summed E-state index contributed by atoms with van der Waals surface area (Å²) >= 11 is 0. The highest BCUT2D eigenvalue weighted by atomic mass is 32.2. The SMILES string of the molecule is CCS(=O)(=O)c1c(S(=O)(=O)CC)c2ccc(C(C)=O)cn2c1C(=O)c1ccc(C)cc1C. The van der Waals surface area contributed by atoms with E-state index in [1.54, 1.807) is 25.1 Å². The van der Waals surface area contributed by atoms with Gasteiger partial charge in [-0.15, -0.1) is 0 Å². The third kappa shape index (κ3) is 3.91. The number of carbonyl (C=O) groups excluding carboxylic acids is 2. The van der Waals surface area contributed by atoms with E-state index in [0.29, 0.717) is 5.56 Å². The average molecular weight is 476 g/mol.